The Labute approximate surface area is 168 Å². The van der Waals surface area contributed by atoms with Crippen molar-refractivity contribution in [2.24, 2.45) is 0 Å². The molecule has 1 aliphatic rings. The van der Waals surface area contributed by atoms with Gasteiger partial charge in [0.05, 0.1) is 17.4 Å². The van der Waals surface area contributed by atoms with E-state index in [1.165, 1.54) is 0 Å². The molecule has 29 heavy (non-hydrogen) atoms. The zero-order chi connectivity index (χ0) is 19.6. The molecule has 0 amide bonds. The lowest BCUT2D eigenvalue weighted by atomic mass is 10.2. The van der Waals surface area contributed by atoms with Gasteiger partial charge in [-0.2, -0.15) is 0 Å². The van der Waals surface area contributed by atoms with Gasteiger partial charge in [0.2, 0.25) is 0 Å². The third-order valence-electron chi connectivity index (χ3n) is 4.91. The first-order valence-electron chi connectivity index (χ1n) is 9.58. The Bertz CT molecular complexity index is 1110. The van der Waals surface area contributed by atoms with E-state index in [1.54, 1.807) is 0 Å². The van der Waals surface area contributed by atoms with Gasteiger partial charge >= 0.3 is 6.01 Å². The van der Waals surface area contributed by atoms with Crippen molar-refractivity contribution < 1.29 is 8.83 Å². The number of anilines is 4. The van der Waals surface area contributed by atoms with Gasteiger partial charge in [-0.3, -0.25) is 0 Å². The van der Waals surface area contributed by atoms with Crippen LogP contribution in [-0.2, 0) is 0 Å². The van der Waals surface area contributed by atoms with Crippen LogP contribution in [0.3, 0.4) is 0 Å². The first-order chi connectivity index (χ1) is 14.3. The number of hydrogen-bond donors (Lipinski definition) is 2. The molecule has 0 radical (unpaired) electrons. The number of aromatic nitrogens is 2. The zero-order valence-electron chi connectivity index (χ0n) is 16.0. The van der Waals surface area contributed by atoms with E-state index in [2.05, 4.69) is 56.1 Å². The van der Waals surface area contributed by atoms with Crippen molar-refractivity contribution in [3.63, 3.8) is 0 Å². The van der Waals surface area contributed by atoms with Crippen molar-refractivity contribution in [2.75, 3.05) is 28.6 Å². The van der Waals surface area contributed by atoms with Crippen LogP contribution in [0.1, 0.15) is 5.76 Å². The van der Waals surface area contributed by atoms with Gasteiger partial charge in [-0.1, -0.05) is 35.4 Å². The van der Waals surface area contributed by atoms with Gasteiger partial charge in [-0.25, -0.2) is 0 Å². The minimum absolute atomic E-state index is 0.0502. The second-order valence-corrected chi connectivity index (χ2v) is 7.01. The summed E-state index contributed by atoms with van der Waals surface area (Å²) in [6, 6.07) is 22.8. The van der Waals surface area contributed by atoms with E-state index in [1.807, 2.05) is 43.3 Å². The summed E-state index contributed by atoms with van der Waals surface area (Å²) >= 11 is 0. The van der Waals surface area contributed by atoms with Crippen molar-refractivity contribution >= 4 is 23.1 Å². The quantitative estimate of drug-likeness (QED) is 0.526. The van der Waals surface area contributed by atoms with Crippen molar-refractivity contribution in [3.8, 4) is 11.7 Å². The Kier molecular flexibility index (Phi) is 4.40. The second kappa shape index (κ2) is 7.35. The van der Waals surface area contributed by atoms with Gasteiger partial charge in [0, 0.05) is 18.8 Å². The van der Waals surface area contributed by atoms with Gasteiger partial charge in [-0.05, 0) is 43.3 Å². The molecule has 0 saturated carbocycles. The van der Waals surface area contributed by atoms with Crippen LogP contribution in [0.5, 0.6) is 0 Å². The molecule has 1 atom stereocenters. The fourth-order valence-electron chi connectivity index (χ4n) is 3.53. The molecule has 7 nitrogen and oxygen atoms in total. The lowest BCUT2D eigenvalue weighted by Gasteiger charge is -2.27. The summed E-state index contributed by atoms with van der Waals surface area (Å²) < 4.78 is 11.3. The fraction of sp³-hybridized carbons (Fsp3) is 0.182. The number of benzene rings is 2. The highest BCUT2D eigenvalue weighted by Crippen LogP contribution is 2.34. The molecule has 0 fully saturated rings. The lowest BCUT2D eigenvalue weighted by molar-refractivity contribution is 0.502. The molecule has 0 aliphatic carbocycles. The fourth-order valence-corrected chi connectivity index (χ4v) is 3.53. The largest absolute Gasteiger partial charge is 0.456 e. The minimum atomic E-state index is 0.0502. The highest BCUT2D eigenvalue weighted by molar-refractivity contribution is 5.77. The monoisotopic (exact) mass is 387 g/mol. The molecule has 5 rings (SSSR count). The van der Waals surface area contributed by atoms with Crippen LogP contribution in [0.25, 0.3) is 11.7 Å². The molecule has 7 heteroatoms. The number of rotatable bonds is 4. The van der Waals surface area contributed by atoms with Crippen LogP contribution in [0.15, 0.2) is 75.6 Å². The Morgan fingerprint density at radius 1 is 0.966 bits per heavy atom. The molecule has 4 aromatic rings. The average Bonchev–Trinajstić information content (AvgIpc) is 3.35. The maximum absolute atomic E-state index is 5.77. The number of aryl methyl sites for hydroxylation is 1. The number of hydrogen-bond acceptors (Lipinski definition) is 7. The summed E-state index contributed by atoms with van der Waals surface area (Å²) in [6.07, 6.45) is 0. The van der Waals surface area contributed by atoms with E-state index >= 15 is 0 Å². The van der Waals surface area contributed by atoms with E-state index < -0.39 is 0 Å². The zero-order valence-corrected chi connectivity index (χ0v) is 16.0. The van der Waals surface area contributed by atoms with E-state index in [-0.39, 0.29) is 6.04 Å². The van der Waals surface area contributed by atoms with Crippen molar-refractivity contribution in [1.82, 2.24) is 10.2 Å². The Balaban J connectivity index is 1.40. The summed E-state index contributed by atoms with van der Waals surface area (Å²) in [5.41, 5.74) is 3.37. The third-order valence-corrected chi connectivity index (χ3v) is 4.91. The van der Waals surface area contributed by atoms with Gasteiger partial charge in [-0.15, -0.1) is 5.10 Å². The molecule has 146 valence electrons. The van der Waals surface area contributed by atoms with Crippen LogP contribution < -0.4 is 15.5 Å². The average molecular weight is 387 g/mol. The van der Waals surface area contributed by atoms with Gasteiger partial charge < -0.3 is 24.4 Å². The third kappa shape index (κ3) is 3.54. The summed E-state index contributed by atoms with van der Waals surface area (Å²) in [7, 11) is 0. The molecule has 0 bridgehead atoms. The normalized spacial score (nSPS) is 16.0. The van der Waals surface area contributed by atoms with E-state index in [9.17, 15) is 0 Å². The summed E-state index contributed by atoms with van der Waals surface area (Å²) in [5, 5.41) is 15.1. The van der Waals surface area contributed by atoms with Crippen LogP contribution in [0.4, 0.5) is 23.1 Å². The van der Waals surface area contributed by atoms with E-state index in [0.717, 1.165) is 35.9 Å². The number of furan rings is 1. The van der Waals surface area contributed by atoms with Gasteiger partial charge in [0.15, 0.2) is 5.76 Å². The van der Waals surface area contributed by atoms with Gasteiger partial charge in [0.25, 0.3) is 5.89 Å². The maximum Gasteiger partial charge on any atom is 0.316 e. The Hall–Kier alpha value is -3.74. The highest BCUT2D eigenvalue weighted by atomic mass is 16.4. The molecule has 2 N–H and O–H groups in total. The van der Waals surface area contributed by atoms with E-state index in [0.29, 0.717) is 17.7 Å². The first-order valence-corrected chi connectivity index (χ1v) is 9.58. The number of nitrogens with one attached hydrogen (secondary N) is 2. The molecule has 1 aliphatic heterocycles. The van der Waals surface area contributed by atoms with E-state index in [4.69, 9.17) is 8.83 Å². The van der Waals surface area contributed by atoms with Crippen LogP contribution >= 0.6 is 0 Å². The molecule has 2 aromatic heterocycles. The molecule has 0 spiro atoms. The van der Waals surface area contributed by atoms with Crippen LogP contribution in [-0.4, -0.2) is 29.3 Å². The number of para-hydroxylation sites is 3. The smallest absolute Gasteiger partial charge is 0.316 e. The molecule has 3 heterocycles. The first kappa shape index (κ1) is 17.4. The molecular formula is C22H21N5O2. The number of nitrogens with zero attached hydrogens (tertiary/aromatic N) is 3. The van der Waals surface area contributed by atoms with Crippen LogP contribution in [0.2, 0.25) is 0 Å². The molecule has 0 unspecified atom stereocenters. The SMILES string of the molecule is Cc1ccc(-c2nnc(N[C@@H]3CNc4ccccc4N(c4ccccc4)C3)o2)o1. The number of fused-ring (bicyclic) bond motifs is 1. The highest BCUT2D eigenvalue weighted by Gasteiger charge is 2.24. The predicted molar refractivity (Wildman–Crippen MR) is 113 cm³/mol. The Morgan fingerprint density at radius 3 is 2.62 bits per heavy atom. The predicted octanol–water partition coefficient (Wildman–Crippen LogP) is 4.68. The van der Waals surface area contributed by atoms with Crippen molar-refractivity contribution in [3.05, 3.63) is 72.5 Å². The lowest BCUT2D eigenvalue weighted by Crippen LogP contribution is -2.36. The Morgan fingerprint density at radius 2 is 1.79 bits per heavy atom. The standard InChI is InChI=1S/C22H21N5O2/c1-15-11-12-20(28-15)21-25-26-22(29-21)24-16-13-23-18-9-5-6-10-19(18)27(14-16)17-7-3-2-4-8-17/h2-12,16,23H,13-14H2,1H3,(H,24,26)/t16-/m1/s1. The molecule has 2 aromatic carbocycles. The summed E-state index contributed by atoms with van der Waals surface area (Å²) in [5.74, 6) is 1.74. The molecular weight excluding hydrogens is 366 g/mol. The van der Waals surface area contributed by atoms with Crippen molar-refractivity contribution in [2.45, 2.75) is 13.0 Å². The summed E-state index contributed by atoms with van der Waals surface area (Å²) in [4.78, 5) is 2.29. The minimum Gasteiger partial charge on any atom is -0.456 e. The second-order valence-electron chi connectivity index (χ2n) is 7.01. The van der Waals surface area contributed by atoms with Crippen LogP contribution in [0, 0.1) is 6.92 Å². The van der Waals surface area contributed by atoms with Crippen molar-refractivity contribution in [1.29, 1.82) is 0 Å². The molecule has 0 saturated heterocycles. The summed E-state index contributed by atoms with van der Waals surface area (Å²) in [6.45, 7) is 3.34. The van der Waals surface area contributed by atoms with Gasteiger partial charge in [0.1, 0.15) is 5.76 Å². The maximum atomic E-state index is 5.77. The topological polar surface area (TPSA) is 79.4 Å².